The number of carbonyl (C=O) groups is 1. The van der Waals surface area contributed by atoms with E-state index in [1.54, 1.807) is 0 Å². The van der Waals surface area contributed by atoms with Crippen LogP contribution in [0.2, 0.25) is 0 Å². The number of halogens is 3. The lowest BCUT2D eigenvalue weighted by molar-refractivity contribution is -0.137. The topological polar surface area (TPSA) is 73.8 Å². The minimum atomic E-state index is -4.57. The van der Waals surface area contributed by atoms with Crippen LogP contribution in [-0.4, -0.2) is 20.5 Å². The maximum absolute atomic E-state index is 13.2. The number of carbonyl (C=O) groups excluding carboxylic acids is 1. The van der Waals surface area contributed by atoms with Crippen LogP contribution in [0, 0.1) is 11.8 Å². The van der Waals surface area contributed by atoms with Crippen molar-refractivity contribution in [2.75, 3.05) is 5.73 Å². The smallest absolute Gasteiger partial charge is 0.383 e. The zero-order chi connectivity index (χ0) is 19.5. The number of rotatable bonds is 4. The summed E-state index contributed by atoms with van der Waals surface area (Å²) in [6.07, 6.45) is -1.20. The van der Waals surface area contributed by atoms with Crippen molar-refractivity contribution in [2.45, 2.75) is 51.2 Å². The molecule has 0 amide bonds. The van der Waals surface area contributed by atoms with E-state index in [2.05, 4.69) is 10.1 Å². The Morgan fingerprint density at radius 2 is 1.96 bits per heavy atom. The van der Waals surface area contributed by atoms with Gasteiger partial charge in [-0.05, 0) is 37.3 Å². The van der Waals surface area contributed by atoms with Crippen LogP contribution in [0.15, 0.2) is 18.3 Å². The molecule has 0 aliphatic heterocycles. The number of fused-ring (bicyclic) bond motifs is 1. The molecular formula is C19H21F3N4O. The summed E-state index contributed by atoms with van der Waals surface area (Å²) in [6.45, 7) is 4.07. The molecular weight excluding hydrogens is 357 g/mol. The molecule has 2 fully saturated rings. The number of Topliss-reactive ketones (excluding diaryl/α,β-unsaturated/α-hetero) is 1. The molecule has 2 aromatic rings. The maximum atomic E-state index is 13.2. The second-order valence-electron chi connectivity index (χ2n) is 7.61. The van der Waals surface area contributed by atoms with E-state index in [1.165, 1.54) is 6.20 Å². The lowest BCUT2D eigenvalue weighted by Gasteiger charge is -2.14. The lowest BCUT2D eigenvalue weighted by Crippen LogP contribution is -2.11. The average Bonchev–Trinajstić information content (AvgIpc) is 2.97. The highest BCUT2D eigenvalue weighted by atomic mass is 19.4. The number of nitrogens with two attached hydrogens (primary N) is 1. The van der Waals surface area contributed by atoms with Crippen molar-refractivity contribution < 1.29 is 18.0 Å². The monoisotopic (exact) mass is 378 g/mol. The predicted molar refractivity (Wildman–Crippen MR) is 93.8 cm³/mol. The Kier molecular flexibility index (Phi) is 4.05. The van der Waals surface area contributed by atoms with Crippen molar-refractivity contribution in [3.05, 3.63) is 29.6 Å². The van der Waals surface area contributed by atoms with E-state index in [0.717, 1.165) is 18.2 Å². The average molecular weight is 378 g/mol. The van der Waals surface area contributed by atoms with Gasteiger partial charge in [0.15, 0.2) is 0 Å². The van der Waals surface area contributed by atoms with Crippen LogP contribution in [0.3, 0.4) is 0 Å². The highest BCUT2D eigenvalue weighted by Gasteiger charge is 2.57. The van der Waals surface area contributed by atoms with Crippen LogP contribution < -0.4 is 5.73 Å². The second kappa shape index (κ2) is 6.07. The third kappa shape index (κ3) is 3.00. The van der Waals surface area contributed by atoms with Crippen molar-refractivity contribution >= 4 is 11.6 Å². The Hall–Kier alpha value is -2.38. The van der Waals surface area contributed by atoms with Gasteiger partial charge in [-0.25, -0.2) is 4.98 Å². The van der Waals surface area contributed by atoms with Crippen LogP contribution in [0.25, 0.3) is 11.3 Å². The first-order valence-corrected chi connectivity index (χ1v) is 9.15. The van der Waals surface area contributed by atoms with Crippen molar-refractivity contribution in [1.82, 2.24) is 14.8 Å². The summed E-state index contributed by atoms with van der Waals surface area (Å²) in [4.78, 5) is 15.3. The molecule has 2 heterocycles. The highest BCUT2D eigenvalue weighted by Crippen LogP contribution is 2.62. The van der Waals surface area contributed by atoms with Gasteiger partial charge in [0, 0.05) is 42.3 Å². The van der Waals surface area contributed by atoms with Gasteiger partial charge >= 0.3 is 6.18 Å². The Balaban J connectivity index is 1.74. The van der Waals surface area contributed by atoms with Gasteiger partial charge in [0.2, 0.25) is 0 Å². The fourth-order valence-corrected chi connectivity index (χ4v) is 4.22. The molecule has 2 aliphatic carbocycles. The van der Waals surface area contributed by atoms with Crippen molar-refractivity contribution in [2.24, 2.45) is 11.8 Å². The molecule has 0 radical (unpaired) electrons. The van der Waals surface area contributed by atoms with Gasteiger partial charge < -0.3 is 5.73 Å². The molecule has 0 bridgehead atoms. The molecule has 2 aliphatic rings. The lowest BCUT2D eigenvalue weighted by atomic mass is 10.1. The molecule has 4 rings (SSSR count). The largest absolute Gasteiger partial charge is 0.419 e. The van der Waals surface area contributed by atoms with Crippen LogP contribution in [0.5, 0.6) is 0 Å². The van der Waals surface area contributed by atoms with Crippen molar-refractivity contribution in [1.29, 1.82) is 0 Å². The van der Waals surface area contributed by atoms with E-state index in [4.69, 9.17) is 5.73 Å². The van der Waals surface area contributed by atoms with Crippen LogP contribution in [0.1, 0.15) is 56.3 Å². The van der Waals surface area contributed by atoms with Crippen LogP contribution >= 0.6 is 0 Å². The number of alkyl halides is 3. The summed E-state index contributed by atoms with van der Waals surface area (Å²) in [7, 11) is 0. The molecule has 144 valence electrons. The van der Waals surface area contributed by atoms with E-state index < -0.39 is 17.6 Å². The summed E-state index contributed by atoms with van der Waals surface area (Å²) >= 11 is 0. The molecule has 2 aromatic heterocycles. The first-order valence-electron chi connectivity index (χ1n) is 9.15. The van der Waals surface area contributed by atoms with E-state index in [0.29, 0.717) is 41.7 Å². The minimum Gasteiger partial charge on any atom is -0.383 e. The van der Waals surface area contributed by atoms with Crippen LogP contribution in [-0.2, 0) is 11.0 Å². The number of anilines is 1. The van der Waals surface area contributed by atoms with Gasteiger partial charge in [-0.1, -0.05) is 6.92 Å². The number of hydrogen-bond acceptors (Lipinski definition) is 4. The zero-order valence-corrected chi connectivity index (χ0v) is 15.1. The summed E-state index contributed by atoms with van der Waals surface area (Å²) in [5.74, 6) is 0.721. The first-order chi connectivity index (χ1) is 12.7. The number of aromatic nitrogens is 3. The third-order valence-corrected chi connectivity index (χ3v) is 5.89. The van der Waals surface area contributed by atoms with Crippen molar-refractivity contribution in [3.63, 3.8) is 0 Å². The molecule has 4 atom stereocenters. The molecule has 2 saturated carbocycles. The SMILES string of the molecule is CCC(C)n1nc(-c2cnc(N)c(C(F)(F)F)c2)cc1C1[C@H]2CC(=O)C[C@@H]12. The first kappa shape index (κ1) is 18.0. The Morgan fingerprint density at radius 3 is 2.56 bits per heavy atom. The quantitative estimate of drug-likeness (QED) is 0.865. The molecule has 0 saturated heterocycles. The van der Waals surface area contributed by atoms with Gasteiger partial charge in [0.25, 0.3) is 0 Å². The maximum Gasteiger partial charge on any atom is 0.419 e. The van der Waals surface area contributed by atoms with Gasteiger partial charge in [0.1, 0.15) is 11.6 Å². The van der Waals surface area contributed by atoms with E-state index in [-0.39, 0.29) is 12.0 Å². The number of nitrogen functional groups attached to an aromatic ring is 1. The summed E-state index contributed by atoms with van der Waals surface area (Å²) < 4.78 is 41.4. The van der Waals surface area contributed by atoms with Gasteiger partial charge in [-0.3, -0.25) is 9.48 Å². The zero-order valence-electron chi connectivity index (χ0n) is 15.1. The molecule has 5 nitrogen and oxygen atoms in total. The van der Waals surface area contributed by atoms with Gasteiger partial charge in [-0.15, -0.1) is 0 Å². The Labute approximate surface area is 154 Å². The minimum absolute atomic E-state index is 0.120. The van der Waals surface area contributed by atoms with Crippen molar-refractivity contribution in [3.8, 4) is 11.3 Å². The number of pyridine rings is 1. The Morgan fingerprint density at radius 1 is 1.30 bits per heavy atom. The number of nitrogens with zero attached hydrogens (tertiary/aromatic N) is 3. The van der Waals surface area contributed by atoms with Crippen LogP contribution in [0.4, 0.5) is 19.0 Å². The van der Waals surface area contributed by atoms with E-state index in [1.807, 2.05) is 24.6 Å². The highest BCUT2D eigenvalue weighted by molar-refractivity contribution is 5.83. The molecule has 2 unspecified atom stereocenters. The number of hydrogen-bond donors (Lipinski definition) is 1. The molecule has 27 heavy (non-hydrogen) atoms. The molecule has 8 heteroatoms. The summed E-state index contributed by atoms with van der Waals surface area (Å²) in [5, 5.41) is 4.60. The van der Waals surface area contributed by atoms with E-state index in [9.17, 15) is 18.0 Å². The molecule has 2 N–H and O–H groups in total. The summed E-state index contributed by atoms with van der Waals surface area (Å²) in [5.41, 5.74) is 6.21. The fourth-order valence-electron chi connectivity index (χ4n) is 4.22. The fraction of sp³-hybridized carbons (Fsp3) is 0.526. The third-order valence-electron chi connectivity index (χ3n) is 5.89. The number of ketones is 1. The normalized spacial score (nSPS) is 25.5. The second-order valence-corrected chi connectivity index (χ2v) is 7.61. The van der Waals surface area contributed by atoms with E-state index >= 15 is 0 Å². The van der Waals surface area contributed by atoms with Gasteiger partial charge in [-0.2, -0.15) is 18.3 Å². The predicted octanol–water partition coefficient (Wildman–Crippen LogP) is 4.21. The molecule has 0 aromatic carbocycles. The Bertz CT molecular complexity index is 891. The molecule has 0 spiro atoms. The summed E-state index contributed by atoms with van der Waals surface area (Å²) in [6, 6.07) is 2.98. The standard InChI is InChI=1S/C19H21F3N4O/c1-3-9(2)26-16(17-12-5-11(27)6-13(12)17)7-15(25-26)10-4-14(19(20,21)22)18(23)24-8-10/h4,7-9,12-13,17H,3,5-6H2,1-2H3,(H2,23,24)/t9?,12-,13+,17?. The van der Waals surface area contributed by atoms with Gasteiger partial charge in [0.05, 0.1) is 11.3 Å².